The smallest absolute Gasteiger partial charge is 0.251 e. The zero-order valence-corrected chi connectivity index (χ0v) is 12.1. The Labute approximate surface area is 111 Å². The largest absolute Gasteiger partial charge is 0.399 e. The van der Waals surface area contributed by atoms with Crippen molar-refractivity contribution in [3.05, 3.63) is 28.2 Å². The van der Waals surface area contributed by atoms with E-state index in [1.54, 1.807) is 18.2 Å². The Morgan fingerprint density at radius 2 is 2.00 bits per heavy atom. The summed E-state index contributed by atoms with van der Waals surface area (Å²) >= 11 is 3.32. The SMILES string of the molecule is CC(C)(C)CCNC(=O)c1cc(N)cc(Br)c1. The van der Waals surface area contributed by atoms with E-state index < -0.39 is 0 Å². The van der Waals surface area contributed by atoms with Gasteiger partial charge in [-0.05, 0) is 30.0 Å². The summed E-state index contributed by atoms with van der Waals surface area (Å²) in [4.78, 5) is 11.8. The van der Waals surface area contributed by atoms with Gasteiger partial charge in [0.15, 0.2) is 0 Å². The first-order valence-corrected chi connectivity index (χ1v) is 6.41. The number of carbonyl (C=O) groups is 1. The molecular formula is C13H19BrN2O. The Morgan fingerprint density at radius 1 is 1.35 bits per heavy atom. The van der Waals surface area contributed by atoms with E-state index in [-0.39, 0.29) is 11.3 Å². The molecule has 4 heteroatoms. The highest BCUT2D eigenvalue weighted by Crippen LogP contribution is 2.18. The van der Waals surface area contributed by atoms with E-state index in [9.17, 15) is 4.79 Å². The molecule has 94 valence electrons. The molecule has 0 spiro atoms. The average molecular weight is 299 g/mol. The number of nitrogen functional groups attached to an aromatic ring is 1. The molecule has 0 aliphatic rings. The van der Waals surface area contributed by atoms with Crippen LogP contribution in [-0.2, 0) is 0 Å². The van der Waals surface area contributed by atoms with Crippen molar-refractivity contribution in [1.82, 2.24) is 5.32 Å². The van der Waals surface area contributed by atoms with Crippen molar-refractivity contribution in [3.8, 4) is 0 Å². The molecule has 1 rings (SSSR count). The molecule has 1 aromatic carbocycles. The number of halogens is 1. The summed E-state index contributed by atoms with van der Waals surface area (Å²) < 4.78 is 0.818. The first-order valence-electron chi connectivity index (χ1n) is 5.62. The van der Waals surface area contributed by atoms with Crippen molar-refractivity contribution in [1.29, 1.82) is 0 Å². The second-order valence-electron chi connectivity index (χ2n) is 5.34. The van der Waals surface area contributed by atoms with Gasteiger partial charge in [-0.3, -0.25) is 4.79 Å². The maximum atomic E-state index is 11.8. The molecule has 1 aromatic rings. The van der Waals surface area contributed by atoms with Gasteiger partial charge in [0, 0.05) is 22.3 Å². The lowest BCUT2D eigenvalue weighted by Crippen LogP contribution is -2.27. The van der Waals surface area contributed by atoms with E-state index in [0.29, 0.717) is 17.8 Å². The monoisotopic (exact) mass is 298 g/mol. The molecule has 1 amide bonds. The first-order chi connectivity index (χ1) is 7.78. The molecule has 0 radical (unpaired) electrons. The number of hydrogen-bond donors (Lipinski definition) is 2. The summed E-state index contributed by atoms with van der Waals surface area (Å²) in [6, 6.07) is 5.21. The molecule has 3 N–H and O–H groups in total. The van der Waals surface area contributed by atoms with Gasteiger partial charge in [0.1, 0.15) is 0 Å². The van der Waals surface area contributed by atoms with Crippen LogP contribution < -0.4 is 11.1 Å². The van der Waals surface area contributed by atoms with Crippen LogP contribution in [0.2, 0.25) is 0 Å². The third-order valence-corrected chi connectivity index (χ3v) is 2.80. The van der Waals surface area contributed by atoms with Gasteiger partial charge in [-0.1, -0.05) is 36.7 Å². The van der Waals surface area contributed by atoms with Gasteiger partial charge in [0.2, 0.25) is 0 Å². The summed E-state index contributed by atoms with van der Waals surface area (Å²) in [7, 11) is 0. The van der Waals surface area contributed by atoms with E-state index >= 15 is 0 Å². The van der Waals surface area contributed by atoms with Crippen molar-refractivity contribution in [3.63, 3.8) is 0 Å². The number of amides is 1. The fourth-order valence-corrected chi connectivity index (χ4v) is 1.91. The van der Waals surface area contributed by atoms with Crippen LogP contribution in [0, 0.1) is 5.41 Å². The van der Waals surface area contributed by atoms with Gasteiger partial charge >= 0.3 is 0 Å². The van der Waals surface area contributed by atoms with Crippen LogP contribution in [-0.4, -0.2) is 12.5 Å². The Kier molecular flexibility index (Phi) is 4.57. The standard InChI is InChI=1S/C13H19BrN2O/c1-13(2,3)4-5-16-12(17)9-6-10(14)8-11(15)7-9/h6-8H,4-5,15H2,1-3H3,(H,16,17). The van der Waals surface area contributed by atoms with Crippen LogP contribution in [0.3, 0.4) is 0 Å². The van der Waals surface area contributed by atoms with E-state index in [2.05, 4.69) is 42.0 Å². The van der Waals surface area contributed by atoms with Crippen molar-refractivity contribution in [2.24, 2.45) is 5.41 Å². The topological polar surface area (TPSA) is 55.1 Å². The number of carbonyl (C=O) groups excluding carboxylic acids is 1. The molecule has 17 heavy (non-hydrogen) atoms. The molecule has 0 atom stereocenters. The van der Waals surface area contributed by atoms with Crippen LogP contribution in [0.1, 0.15) is 37.6 Å². The first kappa shape index (κ1) is 14.0. The van der Waals surface area contributed by atoms with Crippen LogP contribution in [0.4, 0.5) is 5.69 Å². The second kappa shape index (κ2) is 5.54. The number of hydrogen-bond acceptors (Lipinski definition) is 2. The van der Waals surface area contributed by atoms with Crippen molar-refractivity contribution >= 4 is 27.5 Å². The molecule has 0 bridgehead atoms. The van der Waals surface area contributed by atoms with Gasteiger partial charge in [-0.2, -0.15) is 0 Å². The summed E-state index contributed by atoms with van der Waals surface area (Å²) in [6.45, 7) is 7.12. The third kappa shape index (κ3) is 5.22. The molecule has 0 aromatic heterocycles. The predicted octanol–water partition coefficient (Wildman–Crippen LogP) is 3.20. The lowest BCUT2D eigenvalue weighted by atomic mass is 9.92. The molecule has 3 nitrogen and oxygen atoms in total. The third-order valence-electron chi connectivity index (χ3n) is 2.34. The van der Waals surface area contributed by atoms with Gasteiger partial charge in [0.05, 0.1) is 0 Å². The lowest BCUT2D eigenvalue weighted by Gasteiger charge is -2.18. The molecule has 0 saturated heterocycles. The minimum Gasteiger partial charge on any atom is -0.399 e. The number of rotatable bonds is 3. The normalized spacial score (nSPS) is 11.3. The Bertz CT molecular complexity index is 390. The van der Waals surface area contributed by atoms with Gasteiger partial charge < -0.3 is 11.1 Å². The second-order valence-corrected chi connectivity index (χ2v) is 6.26. The Balaban J connectivity index is 2.58. The lowest BCUT2D eigenvalue weighted by molar-refractivity contribution is 0.0949. The van der Waals surface area contributed by atoms with Crippen LogP contribution >= 0.6 is 15.9 Å². The molecule has 0 saturated carbocycles. The van der Waals surface area contributed by atoms with Gasteiger partial charge in [0.25, 0.3) is 5.91 Å². The van der Waals surface area contributed by atoms with Gasteiger partial charge in [-0.25, -0.2) is 0 Å². The molecule has 0 aliphatic heterocycles. The quantitative estimate of drug-likeness (QED) is 0.842. The maximum absolute atomic E-state index is 11.8. The maximum Gasteiger partial charge on any atom is 0.251 e. The van der Waals surface area contributed by atoms with Crippen LogP contribution in [0.5, 0.6) is 0 Å². The Hall–Kier alpha value is -1.03. The molecule has 0 unspecified atom stereocenters. The van der Waals surface area contributed by atoms with Crippen LogP contribution in [0.25, 0.3) is 0 Å². The van der Waals surface area contributed by atoms with E-state index in [4.69, 9.17) is 5.73 Å². The number of benzene rings is 1. The summed E-state index contributed by atoms with van der Waals surface area (Å²) in [6.07, 6.45) is 0.947. The Morgan fingerprint density at radius 3 is 2.53 bits per heavy atom. The van der Waals surface area contributed by atoms with Gasteiger partial charge in [-0.15, -0.1) is 0 Å². The molecular weight excluding hydrogens is 280 g/mol. The zero-order chi connectivity index (χ0) is 13.1. The highest BCUT2D eigenvalue weighted by Gasteiger charge is 2.11. The van der Waals surface area contributed by atoms with Crippen molar-refractivity contribution < 1.29 is 4.79 Å². The fraction of sp³-hybridized carbons (Fsp3) is 0.462. The van der Waals surface area contributed by atoms with E-state index in [1.807, 2.05) is 0 Å². The molecule has 0 fully saturated rings. The number of nitrogens with two attached hydrogens (primary N) is 1. The highest BCUT2D eigenvalue weighted by atomic mass is 79.9. The summed E-state index contributed by atoms with van der Waals surface area (Å²) in [5.74, 6) is -0.0812. The predicted molar refractivity (Wildman–Crippen MR) is 75.0 cm³/mol. The highest BCUT2D eigenvalue weighted by molar-refractivity contribution is 9.10. The summed E-state index contributed by atoms with van der Waals surface area (Å²) in [5.41, 5.74) is 7.08. The van der Waals surface area contributed by atoms with E-state index in [1.165, 1.54) is 0 Å². The number of anilines is 1. The average Bonchev–Trinajstić information content (AvgIpc) is 2.13. The molecule has 0 heterocycles. The van der Waals surface area contributed by atoms with Crippen molar-refractivity contribution in [2.45, 2.75) is 27.2 Å². The fourth-order valence-electron chi connectivity index (χ4n) is 1.40. The minimum atomic E-state index is -0.0812. The van der Waals surface area contributed by atoms with Crippen LogP contribution in [0.15, 0.2) is 22.7 Å². The van der Waals surface area contributed by atoms with E-state index in [0.717, 1.165) is 10.9 Å². The summed E-state index contributed by atoms with van der Waals surface area (Å²) in [5, 5.41) is 2.89. The zero-order valence-electron chi connectivity index (χ0n) is 10.5. The minimum absolute atomic E-state index is 0.0812. The van der Waals surface area contributed by atoms with Crippen molar-refractivity contribution in [2.75, 3.05) is 12.3 Å². The molecule has 0 aliphatic carbocycles. The number of nitrogens with one attached hydrogen (secondary N) is 1.